The van der Waals surface area contributed by atoms with E-state index in [9.17, 15) is 5.11 Å². The standard InChI is InChI=1S/C16H20O2/c1-2-5-11-8-14(17)16-13-7-4-3-6-12(13)10-18-15(16)9-11/h4,7-9,12-13,17H,2-3,5-6,10H2,1H3. The molecular formula is C16H20O2. The second-order valence-electron chi connectivity index (χ2n) is 5.38. The molecule has 1 aromatic rings. The summed E-state index contributed by atoms with van der Waals surface area (Å²) in [6, 6.07) is 4.02. The molecule has 2 atom stereocenters. The maximum Gasteiger partial charge on any atom is 0.127 e. The molecule has 2 unspecified atom stereocenters. The molecule has 0 bridgehead atoms. The minimum Gasteiger partial charge on any atom is -0.507 e. The molecule has 0 saturated carbocycles. The normalized spacial score (nSPS) is 25.2. The number of benzene rings is 1. The summed E-state index contributed by atoms with van der Waals surface area (Å²) in [7, 11) is 0. The minimum absolute atomic E-state index is 0.346. The van der Waals surface area contributed by atoms with Gasteiger partial charge in [0.15, 0.2) is 0 Å². The quantitative estimate of drug-likeness (QED) is 0.802. The zero-order valence-corrected chi connectivity index (χ0v) is 10.9. The van der Waals surface area contributed by atoms with E-state index in [0.717, 1.165) is 43.6 Å². The lowest BCUT2D eigenvalue weighted by molar-refractivity contribution is 0.193. The molecule has 0 amide bonds. The van der Waals surface area contributed by atoms with E-state index >= 15 is 0 Å². The number of hydrogen-bond donors (Lipinski definition) is 1. The molecule has 0 spiro atoms. The van der Waals surface area contributed by atoms with Crippen molar-refractivity contribution in [3.05, 3.63) is 35.4 Å². The molecule has 2 aliphatic rings. The van der Waals surface area contributed by atoms with Gasteiger partial charge in [-0.05, 0) is 37.0 Å². The Bertz CT molecular complexity index is 476. The van der Waals surface area contributed by atoms with Gasteiger partial charge in [-0.2, -0.15) is 0 Å². The van der Waals surface area contributed by atoms with Gasteiger partial charge in [0, 0.05) is 17.4 Å². The Morgan fingerprint density at radius 1 is 1.39 bits per heavy atom. The summed E-state index contributed by atoms with van der Waals surface area (Å²) < 4.78 is 5.87. The molecule has 0 radical (unpaired) electrons. The van der Waals surface area contributed by atoms with Gasteiger partial charge in [0.05, 0.1) is 6.61 Å². The number of hydrogen-bond acceptors (Lipinski definition) is 2. The van der Waals surface area contributed by atoms with Crippen molar-refractivity contribution in [3.63, 3.8) is 0 Å². The van der Waals surface area contributed by atoms with E-state index in [1.165, 1.54) is 5.56 Å². The van der Waals surface area contributed by atoms with Gasteiger partial charge in [-0.25, -0.2) is 0 Å². The monoisotopic (exact) mass is 244 g/mol. The fourth-order valence-electron chi connectivity index (χ4n) is 3.16. The van der Waals surface area contributed by atoms with Crippen LogP contribution in [0.15, 0.2) is 24.3 Å². The van der Waals surface area contributed by atoms with Crippen LogP contribution in [0.1, 0.15) is 43.2 Å². The zero-order valence-electron chi connectivity index (χ0n) is 10.9. The van der Waals surface area contributed by atoms with Gasteiger partial charge in [-0.3, -0.25) is 0 Å². The lowest BCUT2D eigenvalue weighted by atomic mass is 9.77. The van der Waals surface area contributed by atoms with Crippen molar-refractivity contribution in [3.8, 4) is 11.5 Å². The highest BCUT2D eigenvalue weighted by Gasteiger charge is 2.32. The van der Waals surface area contributed by atoms with Gasteiger partial charge in [-0.1, -0.05) is 25.5 Å². The highest BCUT2D eigenvalue weighted by atomic mass is 16.5. The first-order chi connectivity index (χ1) is 8.79. The highest BCUT2D eigenvalue weighted by Crippen LogP contribution is 2.46. The van der Waals surface area contributed by atoms with Crippen LogP contribution < -0.4 is 4.74 Å². The van der Waals surface area contributed by atoms with Crippen molar-refractivity contribution in [2.45, 2.75) is 38.5 Å². The van der Waals surface area contributed by atoms with Crippen LogP contribution >= 0.6 is 0 Å². The van der Waals surface area contributed by atoms with Gasteiger partial charge in [0.2, 0.25) is 0 Å². The van der Waals surface area contributed by atoms with Crippen molar-refractivity contribution in [1.82, 2.24) is 0 Å². The van der Waals surface area contributed by atoms with Crippen LogP contribution in [0.2, 0.25) is 0 Å². The van der Waals surface area contributed by atoms with Crippen LogP contribution in [0, 0.1) is 5.92 Å². The SMILES string of the molecule is CCCc1cc(O)c2c(c1)OCC1CCC=CC21. The summed E-state index contributed by atoms with van der Waals surface area (Å²) in [5.74, 6) is 2.19. The molecule has 2 heteroatoms. The summed E-state index contributed by atoms with van der Waals surface area (Å²) in [4.78, 5) is 0. The summed E-state index contributed by atoms with van der Waals surface area (Å²) in [6.45, 7) is 2.94. The Morgan fingerprint density at radius 2 is 2.28 bits per heavy atom. The molecule has 1 N–H and O–H groups in total. The number of phenols is 1. The Hall–Kier alpha value is -1.44. The van der Waals surface area contributed by atoms with Crippen molar-refractivity contribution >= 4 is 0 Å². The Labute approximate surface area is 108 Å². The van der Waals surface area contributed by atoms with Crippen LogP contribution in [-0.4, -0.2) is 11.7 Å². The van der Waals surface area contributed by atoms with Gasteiger partial charge < -0.3 is 9.84 Å². The molecule has 0 aromatic heterocycles. The number of rotatable bonds is 2. The molecule has 3 rings (SSSR count). The van der Waals surface area contributed by atoms with Crippen molar-refractivity contribution in [1.29, 1.82) is 0 Å². The average molecular weight is 244 g/mol. The second kappa shape index (κ2) is 4.68. The lowest BCUT2D eigenvalue weighted by Crippen LogP contribution is -2.26. The van der Waals surface area contributed by atoms with Crippen LogP contribution in [0.5, 0.6) is 11.5 Å². The summed E-state index contributed by atoms with van der Waals surface area (Å²) >= 11 is 0. The number of aromatic hydroxyl groups is 1. The number of aryl methyl sites for hydroxylation is 1. The smallest absolute Gasteiger partial charge is 0.127 e. The molecule has 1 aromatic carbocycles. The van der Waals surface area contributed by atoms with E-state index in [1.54, 1.807) is 0 Å². The lowest BCUT2D eigenvalue weighted by Gasteiger charge is -2.34. The highest BCUT2D eigenvalue weighted by molar-refractivity contribution is 5.52. The third kappa shape index (κ3) is 1.90. The molecule has 1 heterocycles. The average Bonchev–Trinajstić information content (AvgIpc) is 2.38. The largest absolute Gasteiger partial charge is 0.507 e. The maximum atomic E-state index is 10.3. The maximum absolute atomic E-state index is 10.3. The first kappa shape index (κ1) is 11.6. The summed E-state index contributed by atoms with van der Waals surface area (Å²) in [6.07, 6.45) is 8.86. The molecular weight excluding hydrogens is 224 g/mol. The topological polar surface area (TPSA) is 29.5 Å². The first-order valence-electron chi connectivity index (χ1n) is 6.95. The van der Waals surface area contributed by atoms with E-state index in [0.29, 0.717) is 17.6 Å². The summed E-state index contributed by atoms with van der Waals surface area (Å²) in [5, 5.41) is 10.3. The minimum atomic E-state index is 0.346. The fraction of sp³-hybridized carbons (Fsp3) is 0.500. The molecule has 1 aliphatic carbocycles. The Kier molecular flexibility index (Phi) is 3.02. The van der Waals surface area contributed by atoms with Crippen LogP contribution in [0.4, 0.5) is 0 Å². The molecule has 18 heavy (non-hydrogen) atoms. The second-order valence-corrected chi connectivity index (χ2v) is 5.38. The summed E-state index contributed by atoms with van der Waals surface area (Å²) in [5.41, 5.74) is 2.18. The molecule has 1 aliphatic heterocycles. The first-order valence-corrected chi connectivity index (χ1v) is 6.95. The Balaban J connectivity index is 2.03. The van der Waals surface area contributed by atoms with Gasteiger partial charge >= 0.3 is 0 Å². The van der Waals surface area contributed by atoms with Gasteiger partial charge in [0.1, 0.15) is 11.5 Å². The molecule has 0 saturated heterocycles. The Morgan fingerprint density at radius 3 is 3.11 bits per heavy atom. The van der Waals surface area contributed by atoms with E-state index in [4.69, 9.17) is 4.74 Å². The fourth-order valence-corrected chi connectivity index (χ4v) is 3.16. The molecule has 0 fully saturated rings. The third-order valence-corrected chi connectivity index (χ3v) is 4.06. The van der Waals surface area contributed by atoms with Crippen LogP contribution in [0.3, 0.4) is 0 Å². The number of phenolic OH excluding ortho intramolecular Hbond substituents is 1. The van der Waals surface area contributed by atoms with Crippen LogP contribution in [0.25, 0.3) is 0 Å². The van der Waals surface area contributed by atoms with E-state index in [-0.39, 0.29) is 0 Å². The number of fused-ring (bicyclic) bond motifs is 3. The zero-order chi connectivity index (χ0) is 12.5. The van der Waals surface area contributed by atoms with E-state index < -0.39 is 0 Å². The van der Waals surface area contributed by atoms with Crippen LogP contribution in [-0.2, 0) is 6.42 Å². The van der Waals surface area contributed by atoms with Crippen molar-refractivity contribution < 1.29 is 9.84 Å². The van der Waals surface area contributed by atoms with Gasteiger partial charge in [0.25, 0.3) is 0 Å². The van der Waals surface area contributed by atoms with Gasteiger partial charge in [-0.15, -0.1) is 0 Å². The van der Waals surface area contributed by atoms with E-state index in [1.807, 2.05) is 6.07 Å². The van der Waals surface area contributed by atoms with Crippen molar-refractivity contribution in [2.24, 2.45) is 5.92 Å². The third-order valence-electron chi connectivity index (χ3n) is 4.06. The molecule has 2 nitrogen and oxygen atoms in total. The van der Waals surface area contributed by atoms with Crippen molar-refractivity contribution in [2.75, 3.05) is 6.61 Å². The predicted octanol–water partition coefficient (Wildman–Crippen LogP) is 3.79. The molecule has 96 valence electrons. The predicted molar refractivity (Wildman–Crippen MR) is 72.2 cm³/mol. The van der Waals surface area contributed by atoms with E-state index in [2.05, 4.69) is 25.1 Å². The number of ether oxygens (including phenoxy) is 1. The number of allylic oxidation sites excluding steroid dienone is 2.